The first kappa shape index (κ1) is 9.23. The van der Waals surface area contributed by atoms with Crippen LogP contribution >= 0.6 is 0 Å². The summed E-state index contributed by atoms with van der Waals surface area (Å²) < 4.78 is 0. The molecule has 0 N–H and O–H groups in total. The molecule has 0 bridgehead atoms. The van der Waals surface area contributed by atoms with E-state index in [1.807, 2.05) is 0 Å². The van der Waals surface area contributed by atoms with Crippen LogP contribution in [-0.2, 0) is 9.78 Å². The zero-order chi connectivity index (χ0) is 8.81. The van der Waals surface area contributed by atoms with Crippen LogP contribution in [0.15, 0.2) is 24.3 Å². The Balaban J connectivity index is 0.000000150. The molecule has 1 aromatic rings. The third kappa shape index (κ3) is 3.03. The lowest BCUT2D eigenvalue weighted by molar-refractivity contribution is -0.382. The average Bonchev–Trinajstić information content (AvgIpc) is 1.92. The van der Waals surface area contributed by atoms with Crippen molar-refractivity contribution in [3.05, 3.63) is 35.4 Å². The molecule has 12 heavy (non-hydrogen) atoms. The van der Waals surface area contributed by atoms with Gasteiger partial charge < -0.3 is 0 Å². The number of benzene rings is 1. The molecule has 0 saturated carbocycles. The van der Waals surface area contributed by atoms with Crippen LogP contribution in [0, 0.1) is 13.8 Å². The number of hydrogen-bond donors (Lipinski definition) is 0. The van der Waals surface area contributed by atoms with E-state index < -0.39 is 0 Å². The van der Waals surface area contributed by atoms with Crippen molar-refractivity contribution in [2.24, 2.45) is 0 Å². The molecule has 1 saturated heterocycles. The normalized spacial score (nSPS) is 14.2. The Morgan fingerprint density at radius 1 is 0.917 bits per heavy atom. The maximum absolute atomic E-state index is 4.22. The van der Waals surface area contributed by atoms with Crippen molar-refractivity contribution >= 4 is 0 Å². The fraction of sp³-hybridized carbons (Fsp3) is 0.400. The Kier molecular flexibility index (Phi) is 3.77. The molecule has 1 aliphatic heterocycles. The van der Waals surface area contributed by atoms with Gasteiger partial charge >= 0.3 is 0 Å². The first-order valence-corrected chi connectivity index (χ1v) is 4.07. The van der Waals surface area contributed by atoms with Crippen molar-refractivity contribution in [2.45, 2.75) is 13.8 Å². The molecule has 2 heteroatoms. The average molecular weight is 166 g/mol. The van der Waals surface area contributed by atoms with Gasteiger partial charge in [-0.25, -0.2) is 9.78 Å². The Labute approximate surface area is 73.0 Å². The van der Waals surface area contributed by atoms with E-state index in [1.165, 1.54) is 11.1 Å². The zero-order valence-electron chi connectivity index (χ0n) is 7.54. The third-order valence-corrected chi connectivity index (χ3v) is 1.76. The van der Waals surface area contributed by atoms with Crippen LogP contribution in [-0.4, -0.2) is 13.2 Å². The van der Waals surface area contributed by atoms with Gasteiger partial charge in [-0.15, -0.1) is 0 Å². The summed E-state index contributed by atoms with van der Waals surface area (Å²) in [6, 6.07) is 8.36. The molecule has 2 rings (SSSR count). The molecular weight excluding hydrogens is 152 g/mol. The molecule has 0 radical (unpaired) electrons. The number of aryl methyl sites for hydroxylation is 2. The molecule has 1 heterocycles. The second-order valence-electron chi connectivity index (χ2n) is 2.73. The minimum Gasteiger partial charge on any atom is -0.234 e. The summed E-state index contributed by atoms with van der Waals surface area (Å²) in [6.45, 7) is 5.80. The summed E-state index contributed by atoms with van der Waals surface area (Å²) in [6.07, 6.45) is 0. The number of hydrogen-bond acceptors (Lipinski definition) is 2. The van der Waals surface area contributed by atoms with Gasteiger partial charge in [-0.3, -0.25) is 0 Å². The van der Waals surface area contributed by atoms with E-state index in [2.05, 4.69) is 47.9 Å². The fourth-order valence-corrected chi connectivity index (χ4v) is 0.746. The minimum atomic E-state index is 0.778. The maximum atomic E-state index is 4.22. The summed E-state index contributed by atoms with van der Waals surface area (Å²) in [7, 11) is 0. The summed E-state index contributed by atoms with van der Waals surface area (Å²) in [5, 5.41) is 0. The highest BCUT2D eigenvalue weighted by Crippen LogP contribution is 2.02. The lowest BCUT2D eigenvalue weighted by Gasteiger charge is -2.08. The van der Waals surface area contributed by atoms with E-state index in [4.69, 9.17) is 0 Å². The van der Waals surface area contributed by atoms with Crippen molar-refractivity contribution in [1.29, 1.82) is 0 Å². The molecule has 0 aromatic heterocycles. The Morgan fingerprint density at radius 2 is 1.25 bits per heavy atom. The highest BCUT2D eigenvalue weighted by atomic mass is 17.2. The zero-order valence-corrected chi connectivity index (χ0v) is 7.54. The molecule has 0 amide bonds. The van der Waals surface area contributed by atoms with Crippen molar-refractivity contribution in [1.82, 2.24) is 0 Å². The minimum absolute atomic E-state index is 0.778. The van der Waals surface area contributed by atoms with Crippen LogP contribution in [0.3, 0.4) is 0 Å². The highest BCUT2D eigenvalue weighted by molar-refractivity contribution is 5.23. The quantitative estimate of drug-likeness (QED) is 0.550. The van der Waals surface area contributed by atoms with Gasteiger partial charge in [0.25, 0.3) is 0 Å². The lowest BCUT2D eigenvalue weighted by atomic mass is 10.1. The Bertz CT molecular complexity index is 204. The van der Waals surface area contributed by atoms with Gasteiger partial charge in [-0.1, -0.05) is 24.3 Å². The van der Waals surface area contributed by atoms with Crippen molar-refractivity contribution in [3.63, 3.8) is 0 Å². The van der Waals surface area contributed by atoms with E-state index in [-0.39, 0.29) is 0 Å². The van der Waals surface area contributed by atoms with Crippen LogP contribution < -0.4 is 0 Å². The second-order valence-corrected chi connectivity index (χ2v) is 2.73. The summed E-state index contributed by atoms with van der Waals surface area (Å²) in [5.41, 5.74) is 2.74. The smallest absolute Gasteiger partial charge is 0.109 e. The van der Waals surface area contributed by atoms with E-state index in [0.29, 0.717) is 0 Å². The van der Waals surface area contributed by atoms with Crippen molar-refractivity contribution in [2.75, 3.05) is 13.2 Å². The monoisotopic (exact) mass is 166 g/mol. The van der Waals surface area contributed by atoms with Gasteiger partial charge in [-0.05, 0) is 25.0 Å². The van der Waals surface area contributed by atoms with Crippen LogP contribution in [0.2, 0.25) is 0 Å². The van der Waals surface area contributed by atoms with Gasteiger partial charge in [0.1, 0.15) is 13.2 Å². The fourth-order valence-electron chi connectivity index (χ4n) is 0.746. The van der Waals surface area contributed by atoms with Gasteiger partial charge in [0.2, 0.25) is 0 Å². The predicted molar refractivity (Wildman–Crippen MR) is 47.8 cm³/mol. The Hall–Kier alpha value is -0.860. The molecule has 1 aliphatic rings. The molecule has 1 aromatic carbocycles. The van der Waals surface area contributed by atoms with Crippen LogP contribution in [0.5, 0.6) is 0 Å². The second kappa shape index (κ2) is 4.91. The molecule has 1 fully saturated rings. The van der Waals surface area contributed by atoms with Crippen molar-refractivity contribution in [3.8, 4) is 0 Å². The van der Waals surface area contributed by atoms with Crippen LogP contribution in [0.4, 0.5) is 0 Å². The van der Waals surface area contributed by atoms with E-state index in [0.717, 1.165) is 13.2 Å². The van der Waals surface area contributed by atoms with Gasteiger partial charge in [0.15, 0.2) is 0 Å². The largest absolute Gasteiger partial charge is 0.234 e. The molecule has 0 atom stereocenters. The third-order valence-electron chi connectivity index (χ3n) is 1.76. The Morgan fingerprint density at radius 3 is 1.42 bits per heavy atom. The topological polar surface area (TPSA) is 18.5 Å². The molecule has 66 valence electrons. The molecule has 0 aliphatic carbocycles. The maximum Gasteiger partial charge on any atom is 0.109 e. The SMILES string of the molecule is C1COO1.Cc1ccccc1C. The highest BCUT2D eigenvalue weighted by Gasteiger charge is 1.95. The first-order chi connectivity index (χ1) is 5.80. The molecule has 0 unspecified atom stereocenters. The van der Waals surface area contributed by atoms with Crippen LogP contribution in [0.25, 0.3) is 0 Å². The number of rotatable bonds is 0. The lowest BCUT2D eigenvalue weighted by Crippen LogP contribution is -2.14. The summed E-state index contributed by atoms with van der Waals surface area (Å²) in [5.74, 6) is 0. The molecule has 0 spiro atoms. The van der Waals surface area contributed by atoms with Crippen molar-refractivity contribution < 1.29 is 9.78 Å². The standard InChI is InChI=1S/C8H10.C2H4O2/c1-7-5-3-4-6-8(7)2;1-2-4-3-1/h3-6H,1-2H3;1-2H2. The molecular formula is C10H14O2. The van der Waals surface area contributed by atoms with Gasteiger partial charge in [0, 0.05) is 0 Å². The van der Waals surface area contributed by atoms with Gasteiger partial charge in [-0.2, -0.15) is 0 Å². The van der Waals surface area contributed by atoms with Gasteiger partial charge in [0.05, 0.1) is 0 Å². The van der Waals surface area contributed by atoms with Crippen LogP contribution in [0.1, 0.15) is 11.1 Å². The summed E-state index contributed by atoms with van der Waals surface area (Å²) in [4.78, 5) is 8.44. The first-order valence-electron chi connectivity index (χ1n) is 4.07. The molecule has 2 nitrogen and oxygen atoms in total. The summed E-state index contributed by atoms with van der Waals surface area (Å²) >= 11 is 0. The van der Waals surface area contributed by atoms with E-state index in [1.54, 1.807) is 0 Å². The predicted octanol–water partition coefficient (Wildman–Crippen LogP) is 2.25. The van der Waals surface area contributed by atoms with E-state index in [9.17, 15) is 0 Å². The van der Waals surface area contributed by atoms with E-state index >= 15 is 0 Å².